The normalized spacial score (nSPS) is 18.1. The second kappa shape index (κ2) is 7.33. The predicted molar refractivity (Wildman–Crippen MR) is 66.0 cm³/mol. The lowest BCUT2D eigenvalue weighted by Gasteiger charge is -2.16. The van der Waals surface area contributed by atoms with Crippen LogP contribution in [0, 0.1) is 5.92 Å². The van der Waals surface area contributed by atoms with Crippen molar-refractivity contribution in [1.29, 1.82) is 0 Å². The molecular weight excluding hydrogens is 236 g/mol. The van der Waals surface area contributed by atoms with Crippen LogP contribution in [0.3, 0.4) is 0 Å². The van der Waals surface area contributed by atoms with Crippen molar-refractivity contribution in [3.63, 3.8) is 0 Å². The number of carboxylic acid groups (broad SMARTS) is 1. The quantitative estimate of drug-likeness (QED) is 0.509. The number of amides is 1. The van der Waals surface area contributed by atoms with Crippen LogP contribution >= 0.6 is 0 Å². The van der Waals surface area contributed by atoms with Gasteiger partial charge in [0.05, 0.1) is 0 Å². The Morgan fingerprint density at radius 2 is 2.17 bits per heavy atom. The maximum Gasteiger partial charge on any atom is 0.326 e. The van der Waals surface area contributed by atoms with E-state index < -0.39 is 12.0 Å². The number of ether oxygens (including phenoxy) is 1. The van der Waals surface area contributed by atoms with Crippen LogP contribution < -0.4 is 11.1 Å². The Labute approximate surface area is 107 Å². The predicted octanol–water partition coefficient (Wildman–Crippen LogP) is 0.110. The van der Waals surface area contributed by atoms with Crippen molar-refractivity contribution >= 4 is 11.9 Å². The van der Waals surface area contributed by atoms with Crippen LogP contribution in [0.5, 0.6) is 0 Å². The third-order valence-electron chi connectivity index (χ3n) is 3.12. The average molecular weight is 258 g/mol. The standard InChI is InChI=1S/C12H22N2O4/c1-18-6-2-3-10(12(16)17)14-11(15)7-9(13)8-4-5-8/h8-10H,2-7,13H2,1H3,(H,14,15)(H,16,17). The van der Waals surface area contributed by atoms with Gasteiger partial charge in [-0.15, -0.1) is 0 Å². The van der Waals surface area contributed by atoms with E-state index >= 15 is 0 Å². The van der Waals surface area contributed by atoms with Gasteiger partial charge in [0.2, 0.25) is 5.91 Å². The molecule has 104 valence electrons. The molecule has 0 saturated heterocycles. The monoisotopic (exact) mass is 258 g/mol. The van der Waals surface area contributed by atoms with E-state index in [0.717, 1.165) is 12.8 Å². The molecule has 0 aromatic rings. The molecule has 4 N–H and O–H groups in total. The number of carbonyl (C=O) groups excluding carboxylic acids is 1. The highest BCUT2D eigenvalue weighted by Gasteiger charge is 2.30. The molecule has 0 bridgehead atoms. The first-order valence-electron chi connectivity index (χ1n) is 6.31. The van der Waals surface area contributed by atoms with Crippen molar-refractivity contribution < 1.29 is 19.4 Å². The summed E-state index contributed by atoms with van der Waals surface area (Å²) in [6, 6.07) is -0.988. The van der Waals surface area contributed by atoms with E-state index in [1.165, 1.54) is 0 Å². The van der Waals surface area contributed by atoms with Gasteiger partial charge < -0.3 is 20.9 Å². The van der Waals surface area contributed by atoms with Crippen molar-refractivity contribution in [2.24, 2.45) is 11.7 Å². The largest absolute Gasteiger partial charge is 0.480 e. The van der Waals surface area contributed by atoms with Gasteiger partial charge in [-0.2, -0.15) is 0 Å². The third-order valence-corrected chi connectivity index (χ3v) is 3.12. The number of hydrogen-bond acceptors (Lipinski definition) is 4. The van der Waals surface area contributed by atoms with Crippen molar-refractivity contribution in [3.05, 3.63) is 0 Å². The first-order valence-corrected chi connectivity index (χ1v) is 6.31. The van der Waals surface area contributed by atoms with Gasteiger partial charge in [-0.1, -0.05) is 0 Å². The zero-order valence-corrected chi connectivity index (χ0v) is 10.7. The van der Waals surface area contributed by atoms with Crippen molar-refractivity contribution in [1.82, 2.24) is 5.32 Å². The summed E-state index contributed by atoms with van der Waals surface area (Å²) >= 11 is 0. The van der Waals surface area contributed by atoms with E-state index in [1.54, 1.807) is 7.11 Å². The molecule has 0 heterocycles. The van der Waals surface area contributed by atoms with Gasteiger partial charge in [0, 0.05) is 26.2 Å². The zero-order chi connectivity index (χ0) is 13.5. The lowest BCUT2D eigenvalue weighted by molar-refractivity contribution is -0.142. The zero-order valence-electron chi connectivity index (χ0n) is 10.7. The van der Waals surface area contributed by atoms with Crippen molar-refractivity contribution in [2.45, 2.75) is 44.2 Å². The molecule has 1 saturated carbocycles. The average Bonchev–Trinajstić information content (AvgIpc) is 3.11. The first-order chi connectivity index (χ1) is 8.54. The van der Waals surface area contributed by atoms with Crippen LogP contribution in [0.25, 0.3) is 0 Å². The maximum atomic E-state index is 11.6. The van der Waals surface area contributed by atoms with Crippen molar-refractivity contribution in [2.75, 3.05) is 13.7 Å². The van der Waals surface area contributed by atoms with E-state index in [-0.39, 0.29) is 18.4 Å². The molecule has 1 fully saturated rings. The Kier molecular flexibility index (Phi) is 6.07. The SMILES string of the molecule is COCCCC(NC(=O)CC(N)C1CC1)C(=O)O. The fraction of sp³-hybridized carbons (Fsp3) is 0.833. The Morgan fingerprint density at radius 1 is 1.50 bits per heavy atom. The summed E-state index contributed by atoms with van der Waals surface area (Å²) in [5.74, 6) is -0.855. The molecule has 0 aromatic carbocycles. The van der Waals surface area contributed by atoms with Gasteiger partial charge >= 0.3 is 5.97 Å². The maximum absolute atomic E-state index is 11.6. The van der Waals surface area contributed by atoms with Crippen LogP contribution in [0.15, 0.2) is 0 Å². The summed E-state index contributed by atoms with van der Waals surface area (Å²) in [6.07, 6.45) is 3.32. The summed E-state index contributed by atoms with van der Waals surface area (Å²) < 4.78 is 4.86. The van der Waals surface area contributed by atoms with Gasteiger partial charge in [-0.3, -0.25) is 4.79 Å². The second-order valence-corrected chi connectivity index (χ2v) is 4.80. The lowest BCUT2D eigenvalue weighted by atomic mass is 10.1. The highest BCUT2D eigenvalue weighted by Crippen LogP contribution is 2.32. The van der Waals surface area contributed by atoms with E-state index in [0.29, 0.717) is 25.4 Å². The molecule has 1 aliphatic carbocycles. The van der Waals surface area contributed by atoms with Crippen LogP contribution in [0.4, 0.5) is 0 Å². The van der Waals surface area contributed by atoms with Crippen LogP contribution in [0.2, 0.25) is 0 Å². The number of nitrogens with one attached hydrogen (secondary N) is 1. The Balaban J connectivity index is 2.29. The fourth-order valence-electron chi connectivity index (χ4n) is 1.85. The molecule has 0 spiro atoms. The van der Waals surface area contributed by atoms with E-state index in [9.17, 15) is 9.59 Å². The Morgan fingerprint density at radius 3 is 2.67 bits per heavy atom. The fourth-order valence-corrected chi connectivity index (χ4v) is 1.85. The third kappa shape index (κ3) is 5.46. The lowest BCUT2D eigenvalue weighted by Crippen LogP contribution is -2.43. The Hall–Kier alpha value is -1.14. The van der Waals surface area contributed by atoms with Gasteiger partial charge in [-0.05, 0) is 31.6 Å². The number of aliphatic carboxylic acids is 1. The van der Waals surface area contributed by atoms with Gasteiger partial charge in [0.15, 0.2) is 0 Å². The molecule has 2 unspecified atom stereocenters. The molecule has 1 amide bonds. The minimum atomic E-state index is -1.01. The molecule has 0 aliphatic heterocycles. The van der Waals surface area contributed by atoms with Crippen LogP contribution in [-0.4, -0.2) is 42.8 Å². The summed E-state index contributed by atoms with van der Waals surface area (Å²) in [5.41, 5.74) is 5.83. The molecular formula is C12H22N2O4. The number of rotatable bonds is 9. The van der Waals surface area contributed by atoms with Crippen LogP contribution in [-0.2, 0) is 14.3 Å². The molecule has 6 heteroatoms. The van der Waals surface area contributed by atoms with E-state index in [1.807, 2.05) is 0 Å². The topological polar surface area (TPSA) is 102 Å². The van der Waals surface area contributed by atoms with E-state index in [2.05, 4.69) is 5.32 Å². The number of nitrogens with two attached hydrogens (primary N) is 1. The number of hydrogen-bond donors (Lipinski definition) is 3. The molecule has 0 radical (unpaired) electrons. The Bertz CT molecular complexity index is 292. The molecule has 1 rings (SSSR count). The molecule has 1 aliphatic rings. The summed E-state index contributed by atoms with van der Waals surface area (Å²) in [7, 11) is 1.56. The summed E-state index contributed by atoms with van der Waals surface area (Å²) in [4.78, 5) is 22.6. The smallest absolute Gasteiger partial charge is 0.326 e. The second-order valence-electron chi connectivity index (χ2n) is 4.80. The molecule has 18 heavy (non-hydrogen) atoms. The molecule has 0 aromatic heterocycles. The summed E-state index contributed by atoms with van der Waals surface area (Å²) in [6.45, 7) is 0.487. The van der Waals surface area contributed by atoms with Gasteiger partial charge in [-0.25, -0.2) is 4.79 Å². The van der Waals surface area contributed by atoms with E-state index in [4.69, 9.17) is 15.6 Å². The molecule has 2 atom stereocenters. The van der Waals surface area contributed by atoms with Gasteiger partial charge in [0.25, 0.3) is 0 Å². The van der Waals surface area contributed by atoms with Crippen molar-refractivity contribution in [3.8, 4) is 0 Å². The first kappa shape index (κ1) is 14.9. The van der Waals surface area contributed by atoms with Gasteiger partial charge in [0.1, 0.15) is 6.04 Å². The minimum absolute atomic E-state index is 0.140. The number of carboxylic acids is 1. The highest BCUT2D eigenvalue weighted by molar-refractivity contribution is 5.83. The molecule has 6 nitrogen and oxygen atoms in total. The minimum Gasteiger partial charge on any atom is -0.480 e. The van der Waals surface area contributed by atoms with Crippen LogP contribution in [0.1, 0.15) is 32.1 Å². The number of carbonyl (C=O) groups is 2. The highest BCUT2D eigenvalue weighted by atomic mass is 16.5. The number of methoxy groups -OCH3 is 1. The summed E-state index contributed by atoms with van der Waals surface area (Å²) in [5, 5.41) is 11.5.